The summed E-state index contributed by atoms with van der Waals surface area (Å²) in [5, 5.41) is 2.83. The van der Waals surface area contributed by atoms with E-state index in [0.29, 0.717) is 0 Å². The summed E-state index contributed by atoms with van der Waals surface area (Å²) in [6, 6.07) is 17.9. The van der Waals surface area contributed by atoms with E-state index in [-0.39, 0.29) is 10.7 Å². The van der Waals surface area contributed by atoms with Crippen molar-refractivity contribution in [2.45, 2.75) is 11.8 Å². The van der Waals surface area contributed by atoms with Gasteiger partial charge < -0.3 is 5.32 Å². The number of rotatable bonds is 4. The van der Waals surface area contributed by atoms with Crippen molar-refractivity contribution in [3.63, 3.8) is 0 Å². The van der Waals surface area contributed by atoms with Crippen LogP contribution in [0.25, 0.3) is 12.2 Å². The third kappa shape index (κ3) is 4.35. The summed E-state index contributed by atoms with van der Waals surface area (Å²) in [4.78, 5) is 11.3. The van der Waals surface area contributed by atoms with Gasteiger partial charge in [-0.3, -0.25) is 4.79 Å². The van der Waals surface area contributed by atoms with E-state index < -0.39 is 0 Å². The fourth-order valence-corrected chi connectivity index (χ4v) is 1.79. The lowest BCUT2D eigenvalue weighted by molar-refractivity contribution is -0.115. The number of amides is 1. The zero-order chi connectivity index (χ0) is 14.4. The van der Waals surface area contributed by atoms with Crippen LogP contribution in [0.3, 0.4) is 0 Å². The van der Waals surface area contributed by atoms with Gasteiger partial charge in [0.15, 0.2) is 0 Å². The molecule has 2 aromatic rings. The number of anilines is 1. The number of benzene rings is 2. The van der Waals surface area contributed by atoms with Gasteiger partial charge in [0, 0.05) is 5.69 Å². The number of halogens is 1. The smallest absolute Gasteiger partial charge is 0.237 e. The number of hydrogen-bond acceptors (Lipinski definition) is 1. The molecule has 0 aliphatic rings. The Balaban J connectivity index is 2.02. The Morgan fingerprint density at radius 3 is 2.10 bits per heavy atom. The molecule has 2 rings (SSSR count). The van der Waals surface area contributed by atoms with Crippen LogP contribution >= 0.6 is 15.9 Å². The van der Waals surface area contributed by atoms with Gasteiger partial charge >= 0.3 is 0 Å². The van der Waals surface area contributed by atoms with Crippen molar-refractivity contribution in [1.29, 1.82) is 0 Å². The van der Waals surface area contributed by atoms with Gasteiger partial charge in [-0.05, 0) is 30.2 Å². The molecule has 2 nitrogen and oxygen atoms in total. The number of alkyl halides is 1. The van der Waals surface area contributed by atoms with E-state index in [1.165, 1.54) is 0 Å². The van der Waals surface area contributed by atoms with Gasteiger partial charge in [0.05, 0.1) is 4.83 Å². The first-order valence-corrected chi connectivity index (χ1v) is 7.35. The fraction of sp³-hybridized carbons (Fsp3) is 0.118. The van der Waals surface area contributed by atoms with Gasteiger partial charge in [0.2, 0.25) is 5.91 Å². The first-order valence-electron chi connectivity index (χ1n) is 6.43. The molecule has 0 radical (unpaired) electrons. The molecule has 2 aromatic carbocycles. The largest absolute Gasteiger partial charge is 0.325 e. The Labute approximate surface area is 127 Å². The van der Waals surface area contributed by atoms with Crippen molar-refractivity contribution < 1.29 is 4.79 Å². The van der Waals surface area contributed by atoms with E-state index in [1.807, 2.05) is 48.5 Å². The van der Waals surface area contributed by atoms with Gasteiger partial charge in [0.25, 0.3) is 0 Å². The van der Waals surface area contributed by atoms with Gasteiger partial charge in [-0.25, -0.2) is 0 Å². The first-order chi connectivity index (χ1) is 9.65. The summed E-state index contributed by atoms with van der Waals surface area (Å²) >= 11 is 3.24. The van der Waals surface area contributed by atoms with Crippen molar-refractivity contribution >= 4 is 39.7 Å². The molecule has 20 heavy (non-hydrogen) atoms. The van der Waals surface area contributed by atoms with Crippen molar-refractivity contribution in [2.75, 3.05) is 5.32 Å². The Morgan fingerprint density at radius 1 is 1.00 bits per heavy atom. The van der Waals surface area contributed by atoms with Crippen LogP contribution in [0, 0.1) is 0 Å². The summed E-state index contributed by atoms with van der Waals surface area (Å²) in [6.07, 6.45) is 4.11. The van der Waals surface area contributed by atoms with E-state index in [4.69, 9.17) is 0 Å². The standard InChI is InChI=1S/C17H16BrNO/c1-13(18)17(20)19-16-11-9-15(10-12-16)8-7-14-5-3-2-4-6-14/h2-13H,1H3,(H,19,20)/b8-7+. The second kappa shape index (κ2) is 7.06. The summed E-state index contributed by atoms with van der Waals surface area (Å²) in [6.45, 7) is 1.80. The fourth-order valence-electron chi connectivity index (χ4n) is 1.68. The Morgan fingerprint density at radius 2 is 1.55 bits per heavy atom. The van der Waals surface area contributed by atoms with Crippen LogP contribution < -0.4 is 5.32 Å². The first kappa shape index (κ1) is 14.5. The summed E-state index contributed by atoms with van der Waals surface area (Å²) in [7, 11) is 0. The lowest BCUT2D eigenvalue weighted by atomic mass is 10.1. The van der Waals surface area contributed by atoms with Crippen LogP contribution in [0.4, 0.5) is 5.69 Å². The van der Waals surface area contributed by atoms with Crippen molar-refractivity contribution in [3.8, 4) is 0 Å². The molecule has 0 saturated carbocycles. The Kier molecular flexibility index (Phi) is 5.13. The molecule has 0 aromatic heterocycles. The molecular weight excluding hydrogens is 314 g/mol. The average Bonchev–Trinajstić information content (AvgIpc) is 2.47. The zero-order valence-corrected chi connectivity index (χ0v) is 12.8. The molecule has 0 aliphatic carbocycles. The van der Waals surface area contributed by atoms with E-state index in [0.717, 1.165) is 16.8 Å². The van der Waals surface area contributed by atoms with Crippen molar-refractivity contribution in [1.82, 2.24) is 0 Å². The lowest BCUT2D eigenvalue weighted by Crippen LogP contribution is -2.19. The quantitative estimate of drug-likeness (QED) is 0.645. The maximum absolute atomic E-state index is 11.5. The normalized spacial score (nSPS) is 12.3. The van der Waals surface area contributed by atoms with E-state index in [9.17, 15) is 4.79 Å². The maximum atomic E-state index is 11.5. The number of carbonyl (C=O) groups excluding carboxylic acids is 1. The number of nitrogens with one attached hydrogen (secondary N) is 1. The summed E-state index contributed by atoms with van der Waals surface area (Å²) in [5.41, 5.74) is 3.06. The molecule has 0 fully saturated rings. The Hall–Kier alpha value is -1.87. The highest BCUT2D eigenvalue weighted by atomic mass is 79.9. The molecule has 0 aliphatic heterocycles. The molecule has 0 saturated heterocycles. The predicted octanol–water partition coefficient (Wildman–Crippen LogP) is 4.58. The molecule has 3 heteroatoms. The van der Waals surface area contributed by atoms with Gasteiger partial charge in [0.1, 0.15) is 0 Å². The van der Waals surface area contributed by atoms with Gasteiger partial charge in [-0.1, -0.05) is 70.5 Å². The SMILES string of the molecule is CC(Br)C(=O)Nc1ccc(/C=C/c2ccccc2)cc1. The van der Waals surface area contributed by atoms with Crippen molar-refractivity contribution in [2.24, 2.45) is 0 Å². The molecule has 1 N–H and O–H groups in total. The van der Waals surface area contributed by atoms with Crippen LogP contribution in [0.2, 0.25) is 0 Å². The number of carbonyl (C=O) groups is 1. The third-order valence-corrected chi connectivity index (χ3v) is 3.22. The minimum absolute atomic E-state index is 0.0439. The second-order valence-electron chi connectivity index (χ2n) is 4.47. The molecule has 102 valence electrons. The Bertz CT molecular complexity index is 588. The van der Waals surface area contributed by atoms with Crippen LogP contribution in [0.1, 0.15) is 18.1 Å². The zero-order valence-electron chi connectivity index (χ0n) is 11.2. The monoisotopic (exact) mass is 329 g/mol. The highest BCUT2D eigenvalue weighted by Gasteiger charge is 2.07. The molecule has 1 atom stereocenters. The average molecular weight is 330 g/mol. The van der Waals surface area contributed by atoms with Crippen LogP contribution in [0.5, 0.6) is 0 Å². The van der Waals surface area contributed by atoms with Crippen LogP contribution in [-0.2, 0) is 4.79 Å². The topological polar surface area (TPSA) is 29.1 Å². The highest BCUT2D eigenvalue weighted by molar-refractivity contribution is 9.10. The van der Waals surface area contributed by atoms with Gasteiger partial charge in [-0.15, -0.1) is 0 Å². The molecular formula is C17H16BrNO. The highest BCUT2D eigenvalue weighted by Crippen LogP contribution is 2.13. The lowest BCUT2D eigenvalue weighted by Gasteiger charge is -2.06. The van der Waals surface area contributed by atoms with E-state index >= 15 is 0 Å². The minimum Gasteiger partial charge on any atom is -0.325 e. The van der Waals surface area contributed by atoms with E-state index in [1.54, 1.807) is 6.92 Å². The van der Waals surface area contributed by atoms with Crippen LogP contribution in [-0.4, -0.2) is 10.7 Å². The summed E-state index contributed by atoms with van der Waals surface area (Å²) < 4.78 is 0. The third-order valence-electron chi connectivity index (χ3n) is 2.81. The van der Waals surface area contributed by atoms with E-state index in [2.05, 4.69) is 39.5 Å². The maximum Gasteiger partial charge on any atom is 0.237 e. The number of hydrogen-bond donors (Lipinski definition) is 1. The molecule has 0 bridgehead atoms. The molecule has 0 heterocycles. The van der Waals surface area contributed by atoms with Crippen LogP contribution in [0.15, 0.2) is 54.6 Å². The summed E-state index contributed by atoms with van der Waals surface area (Å²) in [5.74, 6) is -0.0439. The van der Waals surface area contributed by atoms with Crippen molar-refractivity contribution in [3.05, 3.63) is 65.7 Å². The second-order valence-corrected chi connectivity index (χ2v) is 5.84. The molecule has 1 unspecified atom stereocenters. The van der Waals surface area contributed by atoms with Gasteiger partial charge in [-0.2, -0.15) is 0 Å². The minimum atomic E-state index is -0.194. The molecule has 0 spiro atoms. The predicted molar refractivity (Wildman–Crippen MR) is 88.8 cm³/mol. The molecule has 1 amide bonds.